The van der Waals surface area contributed by atoms with E-state index in [2.05, 4.69) is 20.8 Å². The second kappa shape index (κ2) is 7.98. The van der Waals surface area contributed by atoms with Crippen LogP contribution in [-0.4, -0.2) is 32.7 Å². The summed E-state index contributed by atoms with van der Waals surface area (Å²) in [6.45, 7) is 0.583. The molecule has 0 aliphatic heterocycles. The van der Waals surface area contributed by atoms with Gasteiger partial charge in [-0.1, -0.05) is 50.3 Å². The van der Waals surface area contributed by atoms with Crippen molar-refractivity contribution in [2.75, 3.05) is 6.54 Å². The molecule has 138 valence electrons. The van der Waals surface area contributed by atoms with Gasteiger partial charge in [0.2, 0.25) is 5.91 Å². The van der Waals surface area contributed by atoms with E-state index < -0.39 is 0 Å². The molecule has 2 aliphatic carbocycles. The number of nitrogens with one attached hydrogen (secondary N) is 1. The fourth-order valence-corrected chi connectivity index (χ4v) is 4.82. The lowest BCUT2D eigenvalue weighted by molar-refractivity contribution is -0.129. The first-order valence-corrected chi connectivity index (χ1v) is 9.93. The number of fused-ring (bicyclic) bond motifs is 1. The monoisotopic (exact) mass is 353 g/mol. The Kier molecular flexibility index (Phi) is 5.27. The fourth-order valence-electron chi connectivity index (χ4n) is 4.82. The average molecular weight is 353 g/mol. The van der Waals surface area contributed by atoms with Crippen LogP contribution in [0.4, 0.5) is 0 Å². The molecule has 2 fully saturated rings. The van der Waals surface area contributed by atoms with Crippen molar-refractivity contribution in [3.63, 3.8) is 0 Å². The summed E-state index contributed by atoms with van der Waals surface area (Å²) in [6, 6.07) is 9.85. The minimum atomic E-state index is 0.208. The SMILES string of the molecule is O=C(NCCc1nnnn1-c1ccccc1)C1CCCC2CCCCC21. The Balaban J connectivity index is 1.34. The maximum absolute atomic E-state index is 12.8. The number of hydrogen-bond donors (Lipinski definition) is 1. The normalized spacial score (nSPS) is 25.5. The van der Waals surface area contributed by atoms with E-state index in [0.717, 1.165) is 23.9 Å². The van der Waals surface area contributed by atoms with E-state index in [-0.39, 0.29) is 11.8 Å². The number of nitrogens with zero attached hydrogens (tertiary/aromatic N) is 4. The number of amides is 1. The summed E-state index contributed by atoms with van der Waals surface area (Å²) in [5, 5.41) is 15.1. The molecule has 0 saturated heterocycles. The minimum absolute atomic E-state index is 0.208. The summed E-state index contributed by atoms with van der Waals surface area (Å²) in [5.41, 5.74) is 0.941. The topological polar surface area (TPSA) is 72.7 Å². The van der Waals surface area contributed by atoms with Crippen molar-refractivity contribution in [1.82, 2.24) is 25.5 Å². The number of benzene rings is 1. The van der Waals surface area contributed by atoms with Crippen LogP contribution in [-0.2, 0) is 11.2 Å². The van der Waals surface area contributed by atoms with Crippen LogP contribution in [0.25, 0.3) is 5.69 Å². The Bertz CT molecular complexity index is 727. The molecular weight excluding hydrogens is 326 g/mol. The van der Waals surface area contributed by atoms with Gasteiger partial charge in [-0.3, -0.25) is 4.79 Å². The molecule has 3 unspecified atom stereocenters. The molecule has 6 heteroatoms. The molecule has 0 spiro atoms. The minimum Gasteiger partial charge on any atom is -0.355 e. The Morgan fingerprint density at radius 2 is 1.88 bits per heavy atom. The molecule has 0 radical (unpaired) electrons. The highest BCUT2D eigenvalue weighted by atomic mass is 16.1. The van der Waals surface area contributed by atoms with E-state index >= 15 is 0 Å². The summed E-state index contributed by atoms with van der Waals surface area (Å²) >= 11 is 0. The summed E-state index contributed by atoms with van der Waals surface area (Å²) in [7, 11) is 0. The first-order valence-electron chi connectivity index (χ1n) is 9.93. The molecule has 2 saturated carbocycles. The number of aromatic nitrogens is 4. The molecule has 26 heavy (non-hydrogen) atoms. The molecule has 4 rings (SSSR count). The predicted octanol–water partition coefficient (Wildman–Crippen LogP) is 2.93. The van der Waals surface area contributed by atoms with Gasteiger partial charge in [0.15, 0.2) is 5.82 Å². The third kappa shape index (κ3) is 3.64. The maximum Gasteiger partial charge on any atom is 0.223 e. The molecule has 2 aromatic rings. The van der Waals surface area contributed by atoms with Gasteiger partial charge in [0.05, 0.1) is 5.69 Å². The summed E-state index contributed by atoms with van der Waals surface area (Å²) < 4.78 is 1.74. The van der Waals surface area contributed by atoms with Crippen LogP contribution in [0.3, 0.4) is 0 Å². The molecule has 1 aromatic heterocycles. The van der Waals surface area contributed by atoms with Crippen LogP contribution in [0, 0.1) is 17.8 Å². The molecule has 1 N–H and O–H groups in total. The smallest absolute Gasteiger partial charge is 0.223 e. The van der Waals surface area contributed by atoms with E-state index in [9.17, 15) is 4.79 Å². The van der Waals surface area contributed by atoms with Crippen LogP contribution >= 0.6 is 0 Å². The summed E-state index contributed by atoms with van der Waals surface area (Å²) in [6.07, 6.45) is 9.39. The number of carbonyl (C=O) groups is 1. The molecule has 1 aromatic carbocycles. The quantitative estimate of drug-likeness (QED) is 0.897. The molecule has 1 heterocycles. The van der Waals surface area contributed by atoms with Gasteiger partial charge in [0, 0.05) is 18.9 Å². The number of carbonyl (C=O) groups excluding carboxylic acids is 1. The lowest BCUT2D eigenvalue weighted by Gasteiger charge is -2.40. The summed E-state index contributed by atoms with van der Waals surface area (Å²) in [4.78, 5) is 12.8. The lowest BCUT2D eigenvalue weighted by Crippen LogP contribution is -2.41. The molecule has 2 aliphatic rings. The second-order valence-corrected chi connectivity index (χ2v) is 7.63. The van der Waals surface area contributed by atoms with Crippen LogP contribution in [0.2, 0.25) is 0 Å². The van der Waals surface area contributed by atoms with Crippen molar-refractivity contribution in [1.29, 1.82) is 0 Å². The van der Waals surface area contributed by atoms with E-state index in [1.165, 1.54) is 38.5 Å². The van der Waals surface area contributed by atoms with Gasteiger partial charge < -0.3 is 5.32 Å². The zero-order chi connectivity index (χ0) is 17.8. The first-order chi connectivity index (χ1) is 12.8. The van der Waals surface area contributed by atoms with Crippen LogP contribution in [0.5, 0.6) is 0 Å². The summed E-state index contributed by atoms with van der Waals surface area (Å²) in [5.74, 6) is 2.60. The number of hydrogen-bond acceptors (Lipinski definition) is 4. The zero-order valence-corrected chi connectivity index (χ0v) is 15.2. The Labute approximate surface area is 154 Å². The number of para-hydroxylation sites is 1. The third-order valence-electron chi connectivity index (χ3n) is 6.09. The van der Waals surface area contributed by atoms with Gasteiger partial charge in [0.1, 0.15) is 0 Å². The van der Waals surface area contributed by atoms with Crippen molar-refractivity contribution in [2.24, 2.45) is 17.8 Å². The maximum atomic E-state index is 12.8. The fraction of sp³-hybridized carbons (Fsp3) is 0.600. The van der Waals surface area contributed by atoms with E-state index in [1.54, 1.807) is 4.68 Å². The Hall–Kier alpha value is -2.24. The highest BCUT2D eigenvalue weighted by Gasteiger charge is 2.38. The first kappa shape index (κ1) is 17.2. The van der Waals surface area contributed by atoms with Crippen molar-refractivity contribution in [3.8, 4) is 5.69 Å². The molecule has 6 nitrogen and oxygen atoms in total. The van der Waals surface area contributed by atoms with Crippen LogP contribution < -0.4 is 5.32 Å². The van der Waals surface area contributed by atoms with Crippen molar-refractivity contribution in [3.05, 3.63) is 36.2 Å². The molecule has 3 atom stereocenters. The standard InChI is InChI=1S/C20H27N5O/c26-20(18-12-6-8-15-7-4-5-11-17(15)18)21-14-13-19-22-23-24-25(19)16-9-2-1-3-10-16/h1-3,9-10,15,17-18H,4-8,11-14H2,(H,21,26). The Morgan fingerprint density at radius 1 is 1.08 bits per heavy atom. The number of tetrazole rings is 1. The van der Waals surface area contributed by atoms with E-state index in [1.807, 2.05) is 30.3 Å². The third-order valence-corrected chi connectivity index (χ3v) is 6.09. The van der Waals surface area contributed by atoms with E-state index in [0.29, 0.717) is 18.9 Å². The average Bonchev–Trinajstić information content (AvgIpc) is 3.16. The molecular formula is C20H27N5O. The Morgan fingerprint density at radius 3 is 2.77 bits per heavy atom. The molecule has 1 amide bonds. The van der Waals surface area contributed by atoms with Gasteiger partial charge in [-0.15, -0.1) is 5.10 Å². The van der Waals surface area contributed by atoms with Gasteiger partial charge in [-0.05, 0) is 47.2 Å². The highest BCUT2D eigenvalue weighted by molar-refractivity contribution is 5.79. The highest BCUT2D eigenvalue weighted by Crippen LogP contribution is 2.43. The zero-order valence-electron chi connectivity index (χ0n) is 15.2. The van der Waals surface area contributed by atoms with Crippen molar-refractivity contribution in [2.45, 2.75) is 51.4 Å². The van der Waals surface area contributed by atoms with Crippen LogP contribution in [0.1, 0.15) is 50.8 Å². The van der Waals surface area contributed by atoms with Crippen molar-refractivity contribution < 1.29 is 4.79 Å². The second-order valence-electron chi connectivity index (χ2n) is 7.63. The van der Waals surface area contributed by atoms with Gasteiger partial charge in [0.25, 0.3) is 0 Å². The van der Waals surface area contributed by atoms with Gasteiger partial charge in [-0.25, -0.2) is 0 Å². The van der Waals surface area contributed by atoms with Crippen LogP contribution in [0.15, 0.2) is 30.3 Å². The lowest BCUT2D eigenvalue weighted by atomic mass is 9.65. The van der Waals surface area contributed by atoms with Gasteiger partial charge in [-0.2, -0.15) is 4.68 Å². The predicted molar refractivity (Wildman–Crippen MR) is 98.7 cm³/mol. The van der Waals surface area contributed by atoms with Gasteiger partial charge >= 0.3 is 0 Å². The largest absolute Gasteiger partial charge is 0.355 e. The molecule has 0 bridgehead atoms. The number of rotatable bonds is 5. The van der Waals surface area contributed by atoms with Crippen molar-refractivity contribution >= 4 is 5.91 Å². The van der Waals surface area contributed by atoms with E-state index in [4.69, 9.17) is 0 Å².